The number of aromatic nitrogens is 2. The summed E-state index contributed by atoms with van der Waals surface area (Å²) in [5.41, 5.74) is 1.04. The smallest absolute Gasteiger partial charge is 0.266 e. The number of ether oxygens (including phenoxy) is 1. The Morgan fingerprint density at radius 2 is 1.80 bits per heavy atom. The fraction of sp³-hybridized carbons (Fsp3) is 0.200. The Balaban J connectivity index is 1.73. The first-order chi connectivity index (χ1) is 14.3. The van der Waals surface area contributed by atoms with Gasteiger partial charge in [-0.3, -0.25) is 4.79 Å². The van der Waals surface area contributed by atoms with Gasteiger partial charge in [0.2, 0.25) is 10.0 Å². The Hall–Kier alpha value is -2.39. The fourth-order valence-corrected chi connectivity index (χ4v) is 4.48. The number of rotatable bonds is 8. The first-order valence-electron chi connectivity index (χ1n) is 9.06. The third-order valence-corrected chi connectivity index (χ3v) is 6.30. The van der Waals surface area contributed by atoms with Crippen molar-refractivity contribution in [2.75, 3.05) is 13.2 Å². The first kappa shape index (κ1) is 22.3. The Morgan fingerprint density at radius 3 is 2.50 bits per heavy atom. The minimum absolute atomic E-state index is 0.0428. The van der Waals surface area contributed by atoms with Gasteiger partial charge in [-0.2, -0.15) is 5.10 Å². The Kier molecular flexibility index (Phi) is 7.14. The highest BCUT2D eigenvalue weighted by Gasteiger charge is 2.18. The van der Waals surface area contributed by atoms with E-state index in [4.69, 9.17) is 27.9 Å². The summed E-state index contributed by atoms with van der Waals surface area (Å²) in [6.45, 7) is 2.46. The zero-order valence-corrected chi connectivity index (χ0v) is 18.3. The lowest BCUT2D eigenvalue weighted by Crippen LogP contribution is -2.32. The van der Waals surface area contributed by atoms with E-state index in [0.29, 0.717) is 12.3 Å². The summed E-state index contributed by atoms with van der Waals surface area (Å²) < 4.78 is 34.0. The Labute approximate surface area is 184 Å². The Bertz CT molecular complexity index is 1200. The molecule has 0 aliphatic heterocycles. The number of nitrogens with zero attached hydrogens (tertiary/aromatic N) is 2. The lowest BCUT2D eigenvalue weighted by atomic mass is 10.1. The zero-order chi connectivity index (χ0) is 21.7. The van der Waals surface area contributed by atoms with Gasteiger partial charge < -0.3 is 4.74 Å². The van der Waals surface area contributed by atoms with Gasteiger partial charge in [-0.25, -0.2) is 17.8 Å². The fourth-order valence-electron chi connectivity index (χ4n) is 2.70. The molecule has 0 fully saturated rings. The first-order valence-corrected chi connectivity index (χ1v) is 11.3. The van der Waals surface area contributed by atoms with E-state index in [2.05, 4.69) is 9.82 Å². The second-order valence-corrected chi connectivity index (χ2v) is 8.79. The predicted molar refractivity (Wildman–Crippen MR) is 117 cm³/mol. The lowest BCUT2D eigenvalue weighted by Gasteiger charge is -2.10. The van der Waals surface area contributed by atoms with Crippen molar-refractivity contribution >= 4 is 33.2 Å². The number of nitrogens with one attached hydrogen (secondary N) is 1. The molecular weight excluding hydrogens is 449 g/mol. The largest absolute Gasteiger partial charge is 0.494 e. The summed E-state index contributed by atoms with van der Waals surface area (Å²) in [6, 6.07) is 14.5. The van der Waals surface area contributed by atoms with Crippen LogP contribution in [0.15, 0.2) is 64.3 Å². The van der Waals surface area contributed by atoms with Crippen LogP contribution in [-0.4, -0.2) is 31.3 Å². The molecule has 7 nitrogen and oxygen atoms in total. The van der Waals surface area contributed by atoms with Crippen LogP contribution < -0.4 is 15.0 Å². The number of halogens is 2. The molecule has 3 aromatic rings. The second-order valence-electron chi connectivity index (χ2n) is 6.21. The van der Waals surface area contributed by atoms with E-state index < -0.39 is 10.0 Å². The SMILES string of the molecule is CCOc1ccc(-c2ccc(=O)n(CCNS(=O)(=O)c3cc(Cl)ccc3Cl)n2)cc1. The van der Waals surface area contributed by atoms with Crippen molar-refractivity contribution in [1.29, 1.82) is 0 Å². The maximum Gasteiger partial charge on any atom is 0.266 e. The van der Waals surface area contributed by atoms with Gasteiger partial charge in [-0.05, 0) is 55.5 Å². The van der Waals surface area contributed by atoms with E-state index in [1.807, 2.05) is 31.2 Å². The molecule has 0 radical (unpaired) electrons. The van der Waals surface area contributed by atoms with Gasteiger partial charge >= 0.3 is 0 Å². The van der Waals surface area contributed by atoms with Crippen LogP contribution in [0.4, 0.5) is 0 Å². The molecule has 30 heavy (non-hydrogen) atoms. The molecule has 0 amide bonds. The van der Waals surface area contributed by atoms with E-state index in [0.717, 1.165) is 11.3 Å². The second kappa shape index (κ2) is 9.61. The molecule has 1 N–H and O–H groups in total. The van der Waals surface area contributed by atoms with Crippen LogP contribution in [0.25, 0.3) is 11.3 Å². The van der Waals surface area contributed by atoms with E-state index in [9.17, 15) is 13.2 Å². The van der Waals surface area contributed by atoms with Crippen molar-refractivity contribution in [2.45, 2.75) is 18.4 Å². The number of sulfonamides is 1. The highest BCUT2D eigenvalue weighted by Crippen LogP contribution is 2.24. The van der Waals surface area contributed by atoms with Crippen LogP contribution in [0.1, 0.15) is 6.92 Å². The number of benzene rings is 2. The monoisotopic (exact) mass is 467 g/mol. The highest BCUT2D eigenvalue weighted by atomic mass is 35.5. The number of hydrogen-bond acceptors (Lipinski definition) is 5. The van der Waals surface area contributed by atoms with E-state index in [-0.39, 0.29) is 33.6 Å². The quantitative estimate of drug-likeness (QED) is 0.546. The molecular formula is C20H19Cl2N3O4S. The van der Waals surface area contributed by atoms with Crippen molar-refractivity contribution in [3.63, 3.8) is 0 Å². The third-order valence-electron chi connectivity index (χ3n) is 4.13. The van der Waals surface area contributed by atoms with E-state index in [1.54, 1.807) is 6.07 Å². The maximum absolute atomic E-state index is 12.5. The predicted octanol–water partition coefficient (Wildman–Crippen LogP) is 3.59. The van der Waals surface area contributed by atoms with Gasteiger partial charge in [0.15, 0.2) is 0 Å². The standard InChI is InChI=1S/C20H19Cl2N3O4S/c1-2-29-16-6-3-14(4-7-16)18-9-10-20(26)25(24-18)12-11-23-30(27,28)19-13-15(21)5-8-17(19)22/h3-10,13,23H,2,11-12H2,1H3. The van der Waals surface area contributed by atoms with Crippen molar-refractivity contribution in [1.82, 2.24) is 14.5 Å². The van der Waals surface area contributed by atoms with Crippen LogP contribution in [0, 0.1) is 0 Å². The molecule has 158 valence electrons. The van der Waals surface area contributed by atoms with Crippen molar-refractivity contribution in [3.8, 4) is 17.0 Å². The number of hydrogen-bond donors (Lipinski definition) is 1. The van der Waals surface area contributed by atoms with Crippen LogP contribution in [0.2, 0.25) is 10.0 Å². The molecule has 10 heteroatoms. The summed E-state index contributed by atoms with van der Waals surface area (Å²) in [5.74, 6) is 0.739. The van der Waals surface area contributed by atoms with Crippen molar-refractivity contribution in [2.24, 2.45) is 0 Å². The average molecular weight is 468 g/mol. The molecule has 0 bridgehead atoms. The molecule has 0 aliphatic rings. The molecule has 3 rings (SSSR count). The molecule has 0 unspecified atom stereocenters. The summed E-state index contributed by atoms with van der Waals surface area (Å²) in [4.78, 5) is 12.0. The van der Waals surface area contributed by atoms with Gasteiger partial charge in [0.1, 0.15) is 10.6 Å². The lowest BCUT2D eigenvalue weighted by molar-refractivity contribution is 0.340. The normalized spacial score (nSPS) is 11.4. The minimum Gasteiger partial charge on any atom is -0.494 e. The average Bonchev–Trinajstić information content (AvgIpc) is 2.72. The maximum atomic E-state index is 12.5. The molecule has 0 aliphatic carbocycles. The third kappa shape index (κ3) is 5.40. The summed E-state index contributed by atoms with van der Waals surface area (Å²) in [7, 11) is -3.89. The van der Waals surface area contributed by atoms with Gasteiger partial charge in [0.05, 0.1) is 23.9 Å². The van der Waals surface area contributed by atoms with Gasteiger partial charge in [0, 0.05) is 23.2 Å². The van der Waals surface area contributed by atoms with Gasteiger partial charge in [-0.1, -0.05) is 23.2 Å². The summed E-state index contributed by atoms with van der Waals surface area (Å²) in [6.07, 6.45) is 0. The van der Waals surface area contributed by atoms with Gasteiger partial charge in [0.25, 0.3) is 5.56 Å². The Morgan fingerprint density at radius 1 is 1.07 bits per heavy atom. The van der Waals surface area contributed by atoms with Gasteiger partial charge in [-0.15, -0.1) is 0 Å². The molecule has 0 atom stereocenters. The highest BCUT2D eigenvalue weighted by molar-refractivity contribution is 7.89. The summed E-state index contributed by atoms with van der Waals surface area (Å²) >= 11 is 11.8. The molecule has 0 spiro atoms. The van der Waals surface area contributed by atoms with Crippen molar-refractivity contribution < 1.29 is 13.2 Å². The van der Waals surface area contributed by atoms with Crippen LogP contribution in [0.3, 0.4) is 0 Å². The zero-order valence-electron chi connectivity index (χ0n) is 16.0. The molecule has 0 saturated heterocycles. The molecule has 1 heterocycles. The van der Waals surface area contributed by atoms with Crippen LogP contribution in [0.5, 0.6) is 5.75 Å². The molecule has 2 aromatic carbocycles. The minimum atomic E-state index is -3.89. The topological polar surface area (TPSA) is 90.3 Å². The molecule has 1 aromatic heterocycles. The van der Waals surface area contributed by atoms with Crippen LogP contribution in [-0.2, 0) is 16.6 Å². The summed E-state index contributed by atoms with van der Waals surface area (Å²) in [5, 5.41) is 4.63. The van der Waals surface area contributed by atoms with E-state index >= 15 is 0 Å². The van der Waals surface area contributed by atoms with Crippen molar-refractivity contribution in [3.05, 3.63) is 75.0 Å². The van der Waals surface area contributed by atoms with E-state index in [1.165, 1.54) is 28.9 Å². The molecule has 0 saturated carbocycles. The van der Waals surface area contributed by atoms with Crippen LogP contribution >= 0.6 is 23.2 Å².